The topological polar surface area (TPSA) is 20.2 Å². The van der Waals surface area contributed by atoms with E-state index in [-0.39, 0.29) is 0 Å². The van der Waals surface area contributed by atoms with Crippen molar-refractivity contribution in [3.63, 3.8) is 0 Å². The van der Waals surface area contributed by atoms with Gasteiger partial charge in [0.1, 0.15) is 5.75 Å². The number of allylic oxidation sites excluding steroid dienone is 6. The van der Waals surface area contributed by atoms with Gasteiger partial charge in [0.15, 0.2) is 0 Å². The van der Waals surface area contributed by atoms with Crippen LogP contribution in [0.15, 0.2) is 103 Å². The summed E-state index contributed by atoms with van der Waals surface area (Å²) in [6.45, 7) is 0. The third kappa shape index (κ3) is 3.25. The van der Waals surface area contributed by atoms with Crippen LogP contribution in [-0.2, 0) is 0 Å². The van der Waals surface area contributed by atoms with Crippen LogP contribution >= 0.6 is 0 Å². The van der Waals surface area contributed by atoms with E-state index < -0.39 is 0 Å². The van der Waals surface area contributed by atoms with Gasteiger partial charge in [-0.25, -0.2) is 0 Å². The van der Waals surface area contributed by atoms with Gasteiger partial charge in [0, 0.05) is 11.1 Å². The maximum Gasteiger partial charge on any atom is 0.131 e. The Morgan fingerprint density at radius 1 is 0.654 bits per heavy atom. The molecule has 0 aromatic heterocycles. The Morgan fingerprint density at radius 2 is 1.31 bits per heavy atom. The maximum absolute atomic E-state index is 11.1. The molecule has 0 radical (unpaired) electrons. The van der Waals surface area contributed by atoms with Crippen LogP contribution in [0.4, 0.5) is 0 Å². The fourth-order valence-corrected chi connectivity index (χ4v) is 3.27. The van der Waals surface area contributed by atoms with E-state index in [1.165, 1.54) is 0 Å². The number of hydrogen-bond donors (Lipinski definition) is 1. The second kappa shape index (κ2) is 7.28. The minimum Gasteiger partial charge on any atom is -0.507 e. The molecule has 26 heavy (non-hydrogen) atoms. The molecule has 1 N–H and O–H groups in total. The first kappa shape index (κ1) is 16.2. The molecular weight excluding hydrogens is 316 g/mol. The Morgan fingerprint density at radius 3 is 2.04 bits per heavy atom. The van der Waals surface area contributed by atoms with Crippen molar-refractivity contribution in [2.45, 2.75) is 6.42 Å². The van der Waals surface area contributed by atoms with Crippen LogP contribution in [0.5, 0.6) is 5.75 Å². The van der Waals surface area contributed by atoms with Gasteiger partial charge in [-0.2, -0.15) is 0 Å². The van der Waals surface area contributed by atoms with Gasteiger partial charge in [0.2, 0.25) is 0 Å². The van der Waals surface area contributed by atoms with Crippen molar-refractivity contribution in [1.29, 1.82) is 0 Å². The molecule has 3 aromatic rings. The highest BCUT2D eigenvalue weighted by atomic mass is 16.3. The first-order valence-corrected chi connectivity index (χ1v) is 8.84. The molecule has 1 aliphatic rings. The summed E-state index contributed by atoms with van der Waals surface area (Å²) < 4.78 is 0. The molecule has 0 fully saturated rings. The van der Waals surface area contributed by atoms with Crippen molar-refractivity contribution in [2.75, 3.05) is 0 Å². The Hall–Kier alpha value is -3.32. The van der Waals surface area contributed by atoms with Crippen LogP contribution in [0.2, 0.25) is 0 Å². The van der Waals surface area contributed by atoms with Gasteiger partial charge >= 0.3 is 0 Å². The van der Waals surface area contributed by atoms with Crippen LogP contribution in [0.1, 0.15) is 12.0 Å². The summed E-state index contributed by atoms with van der Waals surface area (Å²) in [6, 6.07) is 24.5. The monoisotopic (exact) mass is 336 g/mol. The molecule has 1 heteroatoms. The molecular formula is C25H20O. The zero-order valence-corrected chi connectivity index (χ0v) is 14.5. The van der Waals surface area contributed by atoms with Gasteiger partial charge < -0.3 is 5.11 Å². The maximum atomic E-state index is 11.1. The lowest BCUT2D eigenvalue weighted by atomic mass is 9.91. The van der Waals surface area contributed by atoms with Crippen LogP contribution in [0, 0.1) is 0 Å². The number of hydrogen-bond acceptors (Lipinski definition) is 1. The zero-order chi connectivity index (χ0) is 17.8. The molecule has 4 rings (SSSR count). The summed E-state index contributed by atoms with van der Waals surface area (Å²) in [7, 11) is 0. The highest BCUT2D eigenvalue weighted by Gasteiger charge is 2.15. The average Bonchev–Trinajstić information content (AvgIpc) is 2.99. The Labute approximate surface area is 154 Å². The molecule has 0 unspecified atom stereocenters. The van der Waals surface area contributed by atoms with Gasteiger partial charge in [0.25, 0.3) is 0 Å². The number of phenolic OH excluding ortho intramolecular Hbond substituents is 1. The van der Waals surface area contributed by atoms with E-state index in [0.29, 0.717) is 5.75 Å². The average molecular weight is 336 g/mol. The Kier molecular flexibility index (Phi) is 4.53. The SMILES string of the molecule is Oc1c(C2=CCC=CC=C2)cc(-c2ccccc2)cc1-c1ccccc1. The molecule has 1 aliphatic carbocycles. The standard InChI is InChI=1S/C25H20O/c26-25-23(20-13-5-1-2-6-14-20)17-22(19-11-7-3-8-12-19)18-24(25)21-15-9-4-10-16-21/h1-5,7-18,26H,6H2. The van der Waals surface area contributed by atoms with Crippen LogP contribution < -0.4 is 0 Å². The molecule has 3 aromatic carbocycles. The largest absolute Gasteiger partial charge is 0.507 e. The van der Waals surface area contributed by atoms with Gasteiger partial charge in [0.05, 0.1) is 0 Å². The minimum absolute atomic E-state index is 0.327. The molecule has 126 valence electrons. The first-order valence-electron chi connectivity index (χ1n) is 8.84. The molecule has 0 bridgehead atoms. The fourth-order valence-electron chi connectivity index (χ4n) is 3.27. The van der Waals surface area contributed by atoms with Crippen molar-refractivity contribution >= 4 is 5.57 Å². The lowest BCUT2D eigenvalue weighted by Gasteiger charge is -2.15. The minimum atomic E-state index is 0.327. The third-order valence-corrected chi connectivity index (χ3v) is 4.61. The lowest BCUT2D eigenvalue weighted by molar-refractivity contribution is 0.476. The van der Waals surface area contributed by atoms with E-state index in [1.54, 1.807) is 0 Å². The van der Waals surface area contributed by atoms with E-state index in [9.17, 15) is 5.11 Å². The Bertz CT molecular complexity index is 993. The summed E-state index contributed by atoms with van der Waals surface area (Å²) in [6.07, 6.45) is 11.2. The number of rotatable bonds is 3. The molecule has 0 heterocycles. The highest BCUT2D eigenvalue weighted by Crippen LogP contribution is 2.40. The number of benzene rings is 3. The van der Waals surface area contributed by atoms with E-state index in [4.69, 9.17) is 0 Å². The van der Waals surface area contributed by atoms with Crippen molar-refractivity contribution in [3.05, 3.63) is 109 Å². The van der Waals surface area contributed by atoms with Crippen molar-refractivity contribution < 1.29 is 5.11 Å². The highest BCUT2D eigenvalue weighted by molar-refractivity contribution is 5.88. The van der Waals surface area contributed by atoms with Crippen molar-refractivity contribution in [3.8, 4) is 28.0 Å². The quantitative estimate of drug-likeness (QED) is 0.569. The van der Waals surface area contributed by atoms with Gasteiger partial charge in [-0.05, 0) is 40.8 Å². The van der Waals surface area contributed by atoms with Gasteiger partial charge in [-0.3, -0.25) is 0 Å². The lowest BCUT2D eigenvalue weighted by Crippen LogP contribution is -1.90. The van der Waals surface area contributed by atoms with E-state index in [0.717, 1.165) is 39.8 Å². The second-order valence-corrected chi connectivity index (χ2v) is 6.33. The number of phenols is 1. The van der Waals surface area contributed by atoms with Crippen LogP contribution in [0.3, 0.4) is 0 Å². The first-order chi connectivity index (χ1) is 12.8. The predicted molar refractivity (Wildman–Crippen MR) is 110 cm³/mol. The molecule has 1 nitrogen and oxygen atoms in total. The third-order valence-electron chi connectivity index (χ3n) is 4.61. The van der Waals surface area contributed by atoms with Crippen molar-refractivity contribution in [2.24, 2.45) is 0 Å². The summed E-state index contributed by atoms with van der Waals surface area (Å²) in [5.41, 5.74) is 6.02. The van der Waals surface area contributed by atoms with Crippen LogP contribution in [-0.4, -0.2) is 5.11 Å². The molecule has 0 amide bonds. The Balaban J connectivity index is 1.94. The number of aromatic hydroxyl groups is 1. The fraction of sp³-hybridized carbons (Fsp3) is 0.0400. The van der Waals surface area contributed by atoms with Gasteiger partial charge in [-0.15, -0.1) is 0 Å². The summed E-state index contributed by atoms with van der Waals surface area (Å²) >= 11 is 0. The van der Waals surface area contributed by atoms with E-state index in [1.807, 2.05) is 60.7 Å². The zero-order valence-electron chi connectivity index (χ0n) is 14.5. The van der Waals surface area contributed by atoms with E-state index in [2.05, 4.69) is 42.5 Å². The molecule has 0 atom stereocenters. The van der Waals surface area contributed by atoms with Gasteiger partial charge in [-0.1, -0.05) is 91.0 Å². The molecule has 0 saturated heterocycles. The molecule has 0 aliphatic heterocycles. The second-order valence-electron chi connectivity index (χ2n) is 6.33. The molecule has 0 saturated carbocycles. The van der Waals surface area contributed by atoms with E-state index >= 15 is 0 Å². The summed E-state index contributed by atoms with van der Waals surface area (Å²) in [4.78, 5) is 0. The van der Waals surface area contributed by atoms with Crippen molar-refractivity contribution in [1.82, 2.24) is 0 Å². The summed E-state index contributed by atoms with van der Waals surface area (Å²) in [5, 5.41) is 11.1. The predicted octanol–water partition coefficient (Wildman–Crippen LogP) is 6.63. The smallest absolute Gasteiger partial charge is 0.131 e. The normalized spacial score (nSPS) is 13.3. The van der Waals surface area contributed by atoms with Crippen LogP contribution in [0.25, 0.3) is 27.8 Å². The summed E-state index contributed by atoms with van der Waals surface area (Å²) in [5.74, 6) is 0.327. The molecule has 0 spiro atoms.